The fraction of sp³-hybridized carbons (Fsp3) is 0.455. The molecule has 4 heteroatoms. The minimum Gasteiger partial charge on any atom is -0.327 e. The average molecular weight is 210 g/mol. The number of pyridine rings is 1. The van der Waals surface area contributed by atoms with E-state index >= 15 is 0 Å². The molecule has 0 saturated heterocycles. The SMILES string of the molecule is CCCC(N)CC(=O)c1cncc(F)c1. The van der Waals surface area contributed by atoms with Crippen molar-refractivity contribution in [3.8, 4) is 0 Å². The standard InChI is InChI=1S/C11H15FN2O/c1-2-3-10(13)5-11(15)8-4-9(12)7-14-6-8/h4,6-7,10H,2-3,5,13H2,1H3. The second-order valence-corrected chi connectivity index (χ2v) is 3.57. The Hall–Kier alpha value is -1.29. The molecule has 2 N–H and O–H groups in total. The Morgan fingerprint density at radius 3 is 2.93 bits per heavy atom. The third-order valence-corrected chi connectivity index (χ3v) is 2.13. The van der Waals surface area contributed by atoms with Gasteiger partial charge in [0.25, 0.3) is 0 Å². The van der Waals surface area contributed by atoms with Crippen molar-refractivity contribution in [2.75, 3.05) is 0 Å². The van der Waals surface area contributed by atoms with Crippen molar-refractivity contribution >= 4 is 5.78 Å². The molecule has 1 heterocycles. The maximum Gasteiger partial charge on any atom is 0.166 e. The van der Waals surface area contributed by atoms with Gasteiger partial charge in [-0.2, -0.15) is 0 Å². The lowest BCUT2D eigenvalue weighted by Crippen LogP contribution is -2.23. The van der Waals surface area contributed by atoms with Crippen LogP contribution in [0.3, 0.4) is 0 Å². The summed E-state index contributed by atoms with van der Waals surface area (Å²) in [5.74, 6) is -0.645. The first kappa shape index (κ1) is 11.8. The summed E-state index contributed by atoms with van der Waals surface area (Å²) in [7, 11) is 0. The number of halogens is 1. The summed E-state index contributed by atoms with van der Waals surface area (Å²) in [5, 5.41) is 0. The van der Waals surface area contributed by atoms with Crippen LogP contribution in [0.5, 0.6) is 0 Å². The largest absolute Gasteiger partial charge is 0.327 e. The van der Waals surface area contributed by atoms with Crippen LogP contribution in [0.25, 0.3) is 0 Å². The first-order chi connectivity index (χ1) is 7.13. The van der Waals surface area contributed by atoms with Crippen molar-refractivity contribution in [2.24, 2.45) is 5.73 Å². The van der Waals surface area contributed by atoms with E-state index in [1.165, 1.54) is 12.3 Å². The van der Waals surface area contributed by atoms with Gasteiger partial charge in [0.15, 0.2) is 5.78 Å². The zero-order chi connectivity index (χ0) is 11.3. The molecular weight excluding hydrogens is 195 g/mol. The van der Waals surface area contributed by atoms with Gasteiger partial charge in [-0.05, 0) is 12.5 Å². The number of nitrogens with zero attached hydrogens (tertiary/aromatic N) is 1. The highest BCUT2D eigenvalue weighted by Crippen LogP contribution is 2.07. The Labute approximate surface area is 88.5 Å². The minimum atomic E-state index is -0.495. The Morgan fingerprint density at radius 1 is 1.60 bits per heavy atom. The van der Waals surface area contributed by atoms with Crippen LogP contribution in [0.2, 0.25) is 0 Å². The average Bonchev–Trinajstić information content (AvgIpc) is 2.18. The van der Waals surface area contributed by atoms with Gasteiger partial charge in [-0.15, -0.1) is 0 Å². The number of hydrogen-bond acceptors (Lipinski definition) is 3. The Morgan fingerprint density at radius 2 is 2.33 bits per heavy atom. The summed E-state index contributed by atoms with van der Waals surface area (Å²) >= 11 is 0. The predicted octanol–water partition coefficient (Wildman–Crippen LogP) is 1.92. The monoisotopic (exact) mass is 210 g/mol. The maximum atomic E-state index is 12.8. The van der Waals surface area contributed by atoms with Crippen molar-refractivity contribution in [1.29, 1.82) is 0 Å². The number of ketones is 1. The molecule has 1 atom stereocenters. The Kier molecular flexibility index (Phi) is 4.37. The molecule has 0 aromatic carbocycles. The van der Waals surface area contributed by atoms with E-state index in [9.17, 15) is 9.18 Å². The predicted molar refractivity (Wildman–Crippen MR) is 56.0 cm³/mol. The molecule has 0 bridgehead atoms. The Balaban J connectivity index is 2.61. The van der Waals surface area contributed by atoms with Crippen LogP contribution in [0.1, 0.15) is 36.5 Å². The molecule has 0 aliphatic rings. The molecule has 1 unspecified atom stereocenters. The lowest BCUT2D eigenvalue weighted by molar-refractivity contribution is 0.0972. The van der Waals surface area contributed by atoms with E-state index in [0.29, 0.717) is 5.56 Å². The number of aromatic nitrogens is 1. The van der Waals surface area contributed by atoms with Crippen molar-refractivity contribution in [1.82, 2.24) is 4.98 Å². The zero-order valence-electron chi connectivity index (χ0n) is 8.74. The molecule has 0 amide bonds. The first-order valence-electron chi connectivity index (χ1n) is 5.02. The highest BCUT2D eigenvalue weighted by Gasteiger charge is 2.11. The molecule has 82 valence electrons. The van der Waals surface area contributed by atoms with Gasteiger partial charge in [0, 0.05) is 24.2 Å². The van der Waals surface area contributed by atoms with Gasteiger partial charge in [-0.25, -0.2) is 4.39 Å². The molecular formula is C11H15FN2O. The topological polar surface area (TPSA) is 56.0 Å². The van der Waals surface area contributed by atoms with E-state index in [1.807, 2.05) is 6.92 Å². The summed E-state index contributed by atoms with van der Waals surface area (Å²) in [4.78, 5) is 15.2. The van der Waals surface area contributed by atoms with Crippen LogP contribution in [0.15, 0.2) is 18.5 Å². The molecule has 15 heavy (non-hydrogen) atoms. The molecule has 0 aliphatic carbocycles. The van der Waals surface area contributed by atoms with Crippen LogP contribution in [0.4, 0.5) is 4.39 Å². The van der Waals surface area contributed by atoms with Gasteiger partial charge in [-0.1, -0.05) is 13.3 Å². The normalized spacial score (nSPS) is 12.5. The van der Waals surface area contributed by atoms with Gasteiger partial charge in [0.1, 0.15) is 5.82 Å². The van der Waals surface area contributed by atoms with Crippen molar-refractivity contribution in [3.05, 3.63) is 29.8 Å². The quantitative estimate of drug-likeness (QED) is 0.755. The molecule has 1 aromatic heterocycles. The van der Waals surface area contributed by atoms with Gasteiger partial charge < -0.3 is 5.73 Å². The van der Waals surface area contributed by atoms with E-state index in [4.69, 9.17) is 5.73 Å². The third kappa shape index (κ3) is 3.75. The van der Waals surface area contributed by atoms with Gasteiger partial charge in [-0.3, -0.25) is 9.78 Å². The fourth-order valence-electron chi connectivity index (χ4n) is 1.39. The highest BCUT2D eigenvalue weighted by atomic mass is 19.1. The molecule has 1 aromatic rings. The van der Waals surface area contributed by atoms with Crippen LogP contribution in [0, 0.1) is 5.82 Å². The summed E-state index contributed by atoms with van der Waals surface area (Å²) in [6.07, 6.45) is 4.43. The van der Waals surface area contributed by atoms with E-state index in [0.717, 1.165) is 19.0 Å². The van der Waals surface area contributed by atoms with Crippen LogP contribution >= 0.6 is 0 Å². The van der Waals surface area contributed by atoms with Crippen LogP contribution < -0.4 is 5.73 Å². The number of hydrogen-bond donors (Lipinski definition) is 1. The first-order valence-corrected chi connectivity index (χ1v) is 5.02. The van der Waals surface area contributed by atoms with Gasteiger partial charge in [0.2, 0.25) is 0 Å². The van der Waals surface area contributed by atoms with E-state index in [-0.39, 0.29) is 18.2 Å². The van der Waals surface area contributed by atoms with E-state index < -0.39 is 5.82 Å². The number of carbonyl (C=O) groups is 1. The summed E-state index contributed by atoms with van der Waals surface area (Å²) in [6, 6.07) is 1.04. The highest BCUT2D eigenvalue weighted by molar-refractivity contribution is 5.96. The molecule has 0 radical (unpaired) electrons. The number of rotatable bonds is 5. The lowest BCUT2D eigenvalue weighted by atomic mass is 10.0. The summed E-state index contributed by atoms with van der Waals surface area (Å²) < 4.78 is 12.8. The number of carbonyl (C=O) groups excluding carboxylic acids is 1. The number of nitrogens with two attached hydrogens (primary N) is 1. The zero-order valence-corrected chi connectivity index (χ0v) is 8.74. The van der Waals surface area contributed by atoms with Crippen LogP contribution in [-0.4, -0.2) is 16.8 Å². The second-order valence-electron chi connectivity index (χ2n) is 3.57. The molecule has 3 nitrogen and oxygen atoms in total. The third-order valence-electron chi connectivity index (χ3n) is 2.13. The van der Waals surface area contributed by atoms with Crippen molar-refractivity contribution < 1.29 is 9.18 Å². The van der Waals surface area contributed by atoms with E-state index in [2.05, 4.69) is 4.98 Å². The van der Waals surface area contributed by atoms with E-state index in [1.54, 1.807) is 0 Å². The molecule has 0 saturated carbocycles. The molecule has 0 fully saturated rings. The number of Topliss-reactive ketones (excluding diaryl/α,β-unsaturated/α-hetero) is 1. The van der Waals surface area contributed by atoms with Crippen molar-refractivity contribution in [3.63, 3.8) is 0 Å². The smallest absolute Gasteiger partial charge is 0.166 e. The Bertz CT molecular complexity index is 341. The van der Waals surface area contributed by atoms with Crippen LogP contribution in [-0.2, 0) is 0 Å². The maximum absolute atomic E-state index is 12.8. The minimum absolute atomic E-state index is 0.147. The van der Waals surface area contributed by atoms with Gasteiger partial charge >= 0.3 is 0 Å². The lowest BCUT2D eigenvalue weighted by Gasteiger charge is -2.08. The second kappa shape index (κ2) is 5.56. The molecule has 1 rings (SSSR count). The summed E-state index contributed by atoms with van der Waals surface area (Å²) in [5.41, 5.74) is 6.02. The fourth-order valence-corrected chi connectivity index (χ4v) is 1.39. The summed E-state index contributed by atoms with van der Waals surface area (Å²) in [6.45, 7) is 2.01. The molecule has 0 aliphatic heterocycles. The van der Waals surface area contributed by atoms with Gasteiger partial charge in [0.05, 0.1) is 6.20 Å². The van der Waals surface area contributed by atoms with Crippen molar-refractivity contribution in [2.45, 2.75) is 32.2 Å². The molecule has 0 spiro atoms.